The van der Waals surface area contributed by atoms with E-state index < -0.39 is 0 Å². The van der Waals surface area contributed by atoms with E-state index in [1.807, 2.05) is 13.8 Å². The van der Waals surface area contributed by atoms with Crippen molar-refractivity contribution < 1.29 is 9.53 Å². The number of hydrogen-bond acceptors (Lipinski definition) is 4. The largest absolute Gasteiger partial charge is 0.373 e. The summed E-state index contributed by atoms with van der Waals surface area (Å²) in [5, 5.41) is 12.1. The van der Waals surface area contributed by atoms with Crippen LogP contribution in [0.1, 0.15) is 39.9 Å². The number of thiophene rings is 1. The molecular weight excluding hydrogens is 286 g/mol. The van der Waals surface area contributed by atoms with Gasteiger partial charge in [0, 0.05) is 29.1 Å². The molecule has 1 aliphatic heterocycles. The Hall–Kier alpha value is -1.66. The Morgan fingerprint density at radius 3 is 3.19 bits per heavy atom. The van der Waals surface area contributed by atoms with Crippen molar-refractivity contribution >= 4 is 17.2 Å². The molecule has 3 heterocycles. The van der Waals surface area contributed by atoms with Gasteiger partial charge in [-0.25, -0.2) is 0 Å². The first-order valence-corrected chi connectivity index (χ1v) is 7.98. The Balaban J connectivity index is 1.58. The summed E-state index contributed by atoms with van der Waals surface area (Å²) in [6.45, 7) is 5.11. The summed E-state index contributed by atoms with van der Waals surface area (Å²) >= 11 is 1.75. The lowest BCUT2D eigenvalue weighted by atomic mass is 10.0. The molecule has 0 spiro atoms. The molecule has 6 heteroatoms. The molecule has 0 saturated heterocycles. The van der Waals surface area contributed by atoms with E-state index in [0.29, 0.717) is 19.6 Å². The molecule has 0 bridgehead atoms. The quantitative estimate of drug-likeness (QED) is 0.911. The van der Waals surface area contributed by atoms with Crippen molar-refractivity contribution in [3.05, 3.63) is 38.8 Å². The van der Waals surface area contributed by atoms with Gasteiger partial charge in [0.25, 0.3) is 0 Å². The van der Waals surface area contributed by atoms with Gasteiger partial charge >= 0.3 is 0 Å². The van der Waals surface area contributed by atoms with Gasteiger partial charge in [-0.15, -0.1) is 11.3 Å². The van der Waals surface area contributed by atoms with Crippen LogP contribution in [-0.2, 0) is 22.5 Å². The maximum atomic E-state index is 12.1. The van der Waals surface area contributed by atoms with Crippen LogP contribution < -0.4 is 5.32 Å². The third-order valence-corrected chi connectivity index (χ3v) is 4.89. The topological polar surface area (TPSA) is 67.0 Å². The molecule has 0 fully saturated rings. The highest BCUT2D eigenvalue weighted by Crippen LogP contribution is 2.32. The fourth-order valence-electron chi connectivity index (χ4n) is 2.66. The summed E-state index contributed by atoms with van der Waals surface area (Å²) in [5.41, 5.74) is 4.17. The predicted octanol–water partition coefficient (Wildman–Crippen LogP) is 2.41. The SMILES string of the molecule is Cc1n[nH]c(C)c1CNC(=O)C[C@H]1OCCc2sccc21. The number of carbonyl (C=O) groups is 1. The van der Waals surface area contributed by atoms with E-state index in [2.05, 4.69) is 27.0 Å². The number of amides is 1. The highest BCUT2D eigenvalue weighted by atomic mass is 32.1. The number of aromatic nitrogens is 2. The zero-order valence-electron chi connectivity index (χ0n) is 12.2. The minimum absolute atomic E-state index is 0.0130. The number of carbonyl (C=O) groups excluding carboxylic acids is 1. The van der Waals surface area contributed by atoms with Crippen LogP contribution in [0, 0.1) is 13.8 Å². The minimum atomic E-state index is -0.105. The van der Waals surface area contributed by atoms with E-state index in [4.69, 9.17) is 4.74 Å². The Morgan fingerprint density at radius 1 is 1.57 bits per heavy atom. The van der Waals surface area contributed by atoms with Crippen LogP contribution in [0.2, 0.25) is 0 Å². The first kappa shape index (κ1) is 14.3. The second-order valence-electron chi connectivity index (χ2n) is 5.30. The van der Waals surface area contributed by atoms with Crippen molar-refractivity contribution in [2.75, 3.05) is 6.61 Å². The second kappa shape index (κ2) is 5.99. The van der Waals surface area contributed by atoms with Gasteiger partial charge in [0.15, 0.2) is 0 Å². The fourth-order valence-corrected chi connectivity index (χ4v) is 3.57. The van der Waals surface area contributed by atoms with Crippen molar-refractivity contribution in [2.45, 2.75) is 39.3 Å². The summed E-state index contributed by atoms with van der Waals surface area (Å²) in [6.07, 6.45) is 1.23. The van der Waals surface area contributed by atoms with E-state index in [1.165, 1.54) is 10.4 Å². The number of H-pyrrole nitrogens is 1. The molecule has 112 valence electrons. The zero-order valence-corrected chi connectivity index (χ0v) is 13.0. The summed E-state index contributed by atoms with van der Waals surface area (Å²) in [4.78, 5) is 13.5. The normalized spacial score (nSPS) is 17.5. The number of aromatic amines is 1. The van der Waals surface area contributed by atoms with Gasteiger partial charge in [-0.2, -0.15) is 5.10 Å². The average molecular weight is 305 g/mol. The van der Waals surface area contributed by atoms with Crippen LogP contribution in [0.15, 0.2) is 11.4 Å². The maximum Gasteiger partial charge on any atom is 0.223 e. The van der Waals surface area contributed by atoms with Gasteiger partial charge < -0.3 is 10.1 Å². The van der Waals surface area contributed by atoms with E-state index >= 15 is 0 Å². The molecule has 2 aromatic rings. The Morgan fingerprint density at radius 2 is 2.43 bits per heavy atom. The summed E-state index contributed by atoms with van der Waals surface area (Å²) in [5.74, 6) is 0.0130. The number of rotatable bonds is 4. The summed E-state index contributed by atoms with van der Waals surface area (Å²) in [6, 6.07) is 2.07. The molecule has 1 aliphatic rings. The monoisotopic (exact) mass is 305 g/mol. The number of aryl methyl sites for hydroxylation is 2. The van der Waals surface area contributed by atoms with E-state index in [9.17, 15) is 4.79 Å². The number of hydrogen-bond donors (Lipinski definition) is 2. The average Bonchev–Trinajstić information content (AvgIpc) is 3.05. The first-order chi connectivity index (χ1) is 10.1. The molecule has 0 aromatic carbocycles. The van der Waals surface area contributed by atoms with Crippen LogP contribution in [0.25, 0.3) is 0 Å². The van der Waals surface area contributed by atoms with Crippen LogP contribution in [0.5, 0.6) is 0 Å². The predicted molar refractivity (Wildman–Crippen MR) is 81.2 cm³/mol. The van der Waals surface area contributed by atoms with Gasteiger partial charge in [0.2, 0.25) is 5.91 Å². The standard InChI is InChI=1S/C15H19N3O2S/c1-9-12(10(2)18-17-9)8-16-15(19)7-13-11-4-6-21-14(11)3-5-20-13/h4,6,13H,3,5,7-8H2,1-2H3,(H,16,19)(H,17,18)/t13-/m1/s1. The molecule has 5 nitrogen and oxygen atoms in total. The second-order valence-corrected chi connectivity index (χ2v) is 6.30. The highest BCUT2D eigenvalue weighted by Gasteiger charge is 2.24. The molecule has 3 rings (SSSR count). The summed E-state index contributed by atoms with van der Waals surface area (Å²) in [7, 11) is 0. The lowest BCUT2D eigenvalue weighted by molar-refractivity contribution is -0.124. The Labute approximate surface area is 127 Å². The third kappa shape index (κ3) is 3.01. The van der Waals surface area contributed by atoms with Crippen LogP contribution in [-0.4, -0.2) is 22.7 Å². The van der Waals surface area contributed by atoms with Crippen molar-refractivity contribution in [3.63, 3.8) is 0 Å². The van der Waals surface area contributed by atoms with Gasteiger partial charge in [-0.1, -0.05) is 0 Å². The van der Waals surface area contributed by atoms with Crippen molar-refractivity contribution in [1.29, 1.82) is 0 Å². The lowest BCUT2D eigenvalue weighted by Gasteiger charge is -2.22. The van der Waals surface area contributed by atoms with E-state index in [-0.39, 0.29) is 12.0 Å². The first-order valence-electron chi connectivity index (χ1n) is 7.10. The van der Waals surface area contributed by atoms with Crippen molar-refractivity contribution in [2.24, 2.45) is 0 Å². The Bertz CT molecular complexity index is 628. The minimum Gasteiger partial charge on any atom is -0.373 e. The van der Waals surface area contributed by atoms with Gasteiger partial charge in [0.1, 0.15) is 0 Å². The van der Waals surface area contributed by atoms with E-state index in [0.717, 1.165) is 23.4 Å². The van der Waals surface area contributed by atoms with Crippen molar-refractivity contribution in [3.8, 4) is 0 Å². The van der Waals surface area contributed by atoms with Gasteiger partial charge in [-0.3, -0.25) is 9.89 Å². The van der Waals surface area contributed by atoms with Crippen LogP contribution in [0.3, 0.4) is 0 Å². The number of fused-ring (bicyclic) bond motifs is 1. The number of nitrogens with one attached hydrogen (secondary N) is 2. The molecule has 21 heavy (non-hydrogen) atoms. The summed E-state index contributed by atoms with van der Waals surface area (Å²) < 4.78 is 5.75. The molecule has 2 aromatic heterocycles. The molecule has 2 N–H and O–H groups in total. The van der Waals surface area contributed by atoms with Crippen LogP contribution >= 0.6 is 11.3 Å². The van der Waals surface area contributed by atoms with Gasteiger partial charge in [-0.05, 0) is 30.9 Å². The Kier molecular flexibility index (Phi) is 4.07. The molecule has 0 unspecified atom stereocenters. The van der Waals surface area contributed by atoms with E-state index in [1.54, 1.807) is 11.3 Å². The number of ether oxygens (including phenoxy) is 1. The molecule has 1 amide bonds. The molecular formula is C15H19N3O2S. The lowest BCUT2D eigenvalue weighted by Crippen LogP contribution is -2.27. The smallest absolute Gasteiger partial charge is 0.223 e. The highest BCUT2D eigenvalue weighted by molar-refractivity contribution is 7.10. The van der Waals surface area contributed by atoms with Gasteiger partial charge in [0.05, 0.1) is 24.8 Å². The molecule has 0 aliphatic carbocycles. The zero-order chi connectivity index (χ0) is 14.8. The molecule has 0 radical (unpaired) electrons. The molecule has 0 saturated carbocycles. The fraction of sp³-hybridized carbons (Fsp3) is 0.467. The number of nitrogens with zero attached hydrogens (tertiary/aromatic N) is 1. The van der Waals surface area contributed by atoms with Crippen molar-refractivity contribution in [1.82, 2.24) is 15.5 Å². The molecule has 1 atom stereocenters. The maximum absolute atomic E-state index is 12.1. The van der Waals surface area contributed by atoms with Crippen LogP contribution in [0.4, 0.5) is 0 Å². The third-order valence-electron chi connectivity index (χ3n) is 3.89.